The highest BCUT2D eigenvalue weighted by Gasteiger charge is 2.26. The summed E-state index contributed by atoms with van der Waals surface area (Å²) >= 11 is 0. The van der Waals surface area contributed by atoms with Crippen LogP contribution in [0.25, 0.3) is 0 Å². The van der Waals surface area contributed by atoms with E-state index in [0.717, 1.165) is 0 Å². The van der Waals surface area contributed by atoms with Gasteiger partial charge >= 0.3 is 0 Å². The monoisotopic (exact) mass is 453 g/mol. The Morgan fingerprint density at radius 2 is 1.21 bits per heavy atom. The first-order valence-corrected chi connectivity index (χ1v) is 14.4. The summed E-state index contributed by atoms with van der Waals surface area (Å²) in [6.45, 7) is 4.62. The highest BCUT2D eigenvalue weighted by molar-refractivity contribution is 5.15. The molecule has 0 fully saturated rings. The van der Waals surface area contributed by atoms with Crippen molar-refractivity contribution in [3.63, 3.8) is 0 Å². The summed E-state index contributed by atoms with van der Waals surface area (Å²) in [5, 5.41) is 0. The van der Waals surface area contributed by atoms with Crippen molar-refractivity contribution in [1.29, 1.82) is 0 Å². The van der Waals surface area contributed by atoms with Gasteiger partial charge in [-0.25, -0.2) is 4.57 Å². The lowest BCUT2D eigenvalue weighted by molar-refractivity contribution is -0.730. The molecular weight excluding hydrogens is 400 g/mol. The molecule has 0 aliphatic carbocycles. The molecular formula is C31H53N2+. The number of hydrogen-bond acceptors (Lipinski definition) is 0. The maximum atomic E-state index is 3.31. The second-order valence-electron chi connectivity index (χ2n) is 10.2. The fraction of sp³-hybridized carbons (Fsp3) is 0.710. The Bertz CT molecular complexity index is 649. The van der Waals surface area contributed by atoms with E-state index in [-0.39, 0.29) is 0 Å². The van der Waals surface area contributed by atoms with Crippen LogP contribution in [0.15, 0.2) is 49.1 Å². The second-order valence-corrected chi connectivity index (χ2v) is 10.2. The first-order valence-electron chi connectivity index (χ1n) is 14.4. The van der Waals surface area contributed by atoms with Crippen molar-refractivity contribution >= 4 is 0 Å². The van der Waals surface area contributed by atoms with Gasteiger partial charge in [-0.3, -0.25) is 4.98 Å². The van der Waals surface area contributed by atoms with Gasteiger partial charge in [0.2, 0.25) is 6.33 Å². The quantitative estimate of drug-likeness (QED) is 0.143. The lowest BCUT2D eigenvalue weighted by Gasteiger charge is -2.25. The van der Waals surface area contributed by atoms with E-state index in [1.165, 1.54) is 121 Å². The molecule has 0 aliphatic heterocycles. The maximum Gasteiger partial charge on any atom is 0.241 e. The molecule has 0 spiro atoms. The van der Waals surface area contributed by atoms with Gasteiger partial charge in [0.1, 0.15) is 18.4 Å². The van der Waals surface area contributed by atoms with Crippen LogP contribution in [0.1, 0.15) is 135 Å². The minimum Gasteiger partial charge on any atom is -0.250 e. The molecule has 2 nitrogen and oxygen atoms in total. The molecule has 0 saturated heterocycles. The number of nitrogens with one attached hydrogen (secondary N) is 1. The Kier molecular flexibility index (Phi) is 15.8. The molecule has 2 unspecified atom stereocenters. The fourth-order valence-corrected chi connectivity index (χ4v) is 5.33. The van der Waals surface area contributed by atoms with Crippen LogP contribution in [0.2, 0.25) is 0 Å². The lowest BCUT2D eigenvalue weighted by atomic mass is 9.84. The van der Waals surface area contributed by atoms with Crippen molar-refractivity contribution in [2.24, 2.45) is 5.92 Å². The van der Waals surface area contributed by atoms with E-state index in [4.69, 9.17) is 0 Å². The first kappa shape index (κ1) is 27.7. The number of imidazole rings is 1. The highest BCUT2D eigenvalue weighted by atomic mass is 15.1. The maximum absolute atomic E-state index is 3.31. The molecule has 1 aromatic carbocycles. The van der Waals surface area contributed by atoms with Gasteiger partial charge in [-0.05, 0) is 31.2 Å². The summed E-state index contributed by atoms with van der Waals surface area (Å²) < 4.78 is 2.47. The van der Waals surface area contributed by atoms with E-state index in [2.05, 4.69) is 72.5 Å². The number of unbranched alkanes of at least 4 members (excludes halogenated alkanes) is 13. The molecule has 2 atom stereocenters. The molecule has 2 aromatic rings. The Hall–Kier alpha value is -1.57. The first-order chi connectivity index (χ1) is 16.3. The highest BCUT2D eigenvalue weighted by Crippen LogP contribution is 2.28. The standard InChI is InChI=1S/C31H52N2/c1-3-5-7-8-9-10-11-12-13-14-15-20-24-31(33-26-25-32-28-33)30(23-17-6-4-2)27-29-21-18-16-19-22-29/h16,18-19,21-22,25-26,28,30-31H,3-15,17,20,23-24,27H2,1-2H3/p+1. The van der Waals surface area contributed by atoms with Crippen LogP contribution in [0, 0.1) is 5.92 Å². The third kappa shape index (κ3) is 12.5. The van der Waals surface area contributed by atoms with Crippen LogP contribution in [0.4, 0.5) is 0 Å². The van der Waals surface area contributed by atoms with Gasteiger partial charge in [0.15, 0.2) is 0 Å². The van der Waals surface area contributed by atoms with E-state index in [9.17, 15) is 0 Å². The van der Waals surface area contributed by atoms with Crippen LogP contribution >= 0.6 is 0 Å². The van der Waals surface area contributed by atoms with E-state index >= 15 is 0 Å². The largest absolute Gasteiger partial charge is 0.250 e. The molecule has 0 radical (unpaired) electrons. The smallest absolute Gasteiger partial charge is 0.241 e. The van der Waals surface area contributed by atoms with E-state index in [0.29, 0.717) is 12.0 Å². The lowest BCUT2D eigenvalue weighted by Crippen LogP contribution is -2.42. The van der Waals surface area contributed by atoms with E-state index in [1.807, 2.05) is 0 Å². The van der Waals surface area contributed by atoms with Crippen molar-refractivity contribution in [3.05, 3.63) is 54.6 Å². The van der Waals surface area contributed by atoms with Crippen LogP contribution < -0.4 is 4.57 Å². The normalized spacial score (nSPS) is 13.3. The number of H-pyrrole nitrogens is 1. The van der Waals surface area contributed by atoms with Crippen LogP contribution in [0.5, 0.6) is 0 Å². The molecule has 1 N–H and O–H groups in total. The zero-order valence-corrected chi connectivity index (χ0v) is 21.9. The zero-order valence-electron chi connectivity index (χ0n) is 21.9. The minimum absolute atomic E-state index is 0.608. The van der Waals surface area contributed by atoms with E-state index < -0.39 is 0 Å². The van der Waals surface area contributed by atoms with Crippen molar-refractivity contribution < 1.29 is 4.57 Å². The van der Waals surface area contributed by atoms with Gasteiger partial charge in [0.05, 0.1) is 0 Å². The Balaban J connectivity index is 1.75. The number of benzene rings is 1. The third-order valence-corrected chi connectivity index (χ3v) is 7.37. The topological polar surface area (TPSA) is 19.7 Å². The van der Waals surface area contributed by atoms with Gasteiger partial charge in [-0.15, -0.1) is 0 Å². The van der Waals surface area contributed by atoms with Crippen molar-refractivity contribution in [1.82, 2.24) is 4.98 Å². The predicted molar refractivity (Wildman–Crippen MR) is 143 cm³/mol. The minimum atomic E-state index is 0.608. The summed E-state index contributed by atoms with van der Waals surface area (Å²) in [7, 11) is 0. The average Bonchev–Trinajstić information content (AvgIpc) is 3.37. The summed E-state index contributed by atoms with van der Waals surface area (Å²) in [5.74, 6) is 0.715. The Morgan fingerprint density at radius 1 is 0.667 bits per heavy atom. The average molecular weight is 454 g/mol. The second kappa shape index (κ2) is 18.8. The van der Waals surface area contributed by atoms with Crippen molar-refractivity contribution in [2.45, 2.75) is 135 Å². The van der Waals surface area contributed by atoms with Crippen molar-refractivity contribution in [2.75, 3.05) is 0 Å². The molecule has 1 heterocycles. The van der Waals surface area contributed by atoms with Gasteiger partial charge in [0, 0.05) is 5.92 Å². The number of hydrogen-bond donors (Lipinski definition) is 1. The van der Waals surface area contributed by atoms with Crippen molar-refractivity contribution in [3.8, 4) is 0 Å². The van der Waals surface area contributed by atoms with Gasteiger partial charge in [-0.2, -0.15) is 0 Å². The molecule has 0 bridgehead atoms. The molecule has 2 rings (SSSR count). The van der Waals surface area contributed by atoms with Gasteiger partial charge in [0.25, 0.3) is 0 Å². The van der Waals surface area contributed by atoms with E-state index in [1.54, 1.807) is 0 Å². The molecule has 0 amide bonds. The number of aromatic amines is 1. The molecule has 33 heavy (non-hydrogen) atoms. The molecule has 0 saturated carbocycles. The summed E-state index contributed by atoms with van der Waals surface area (Å²) in [6.07, 6.45) is 31.5. The zero-order chi connectivity index (χ0) is 23.4. The summed E-state index contributed by atoms with van der Waals surface area (Å²) in [5.41, 5.74) is 1.50. The molecule has 1 aromatic heterocycles. The molecule has 0 aliphatic rings. The van der Waals surface area contributed by atoms with Crippen LogP contribution in [-0.2, 0) is 6.42 Å². The third-order valence-electron chi connectivity index (χ3n) is 7.37. The summed E-state index contributed by atoms with van der Waals surface area (Å²) in [6, 6.07) is 11.8. The SMILES string of the molecule is CCCCCCCCCCCCCCC(C(CCCCC)Cc1ccccc1)[n+]1cc[nH]c1. The predicted octanol–water partition coefficient (Wildman–Crippen LogP) is 9.37. The fourth-order valence-electron chi connectivity index (χ4n) is 5.33. The summed E-state index contributed by atoms with van der Waals surface area (Å²) in [4.78, 5) is 3.31. The Labute approximate surface area is 205 Å². The molecule has 2 heteroatoms. The number of aromatic nitrogens is 2. The van der Waals surface area contributed by atoms with Gasteiger partial charge in [-0.1, -0.05) is 134 Å². The van der Waals surface area contributed by atoms with Crippen LogP contribution in [-0.4, -0.2) is 4.98 Å². The number of rotatable bonds is 21. The van der Waals surface area contributed by atoms with Gasteiger partial charge < -0.3 is 0 Å². The van der Waals surface area contributed by atoms with Crippen LogP contribution in [0.3, 0.4) is 0 Å². The number of nitrogens with zero attached hydrogens (tertiary/aromatic N) is 1. The Morgan fingerprint density at radius 3 is 1.79 bits per heavy atom. The molecule has 186 valence electrons.